The Bertz CT molecular complexity index is 635. The molecular formula is C13H13BrN2O5. The van der Waals surface area contributed by atoms with Crippen LogP contribution in [-0.2, 0) is 4.74 Å². The molecule has 7 nitrogen and oxygen atoms in total. The summed E-state index contributed by atoms with van der Waals surface area (Å²) in [5.41, 5.74) is 0.735. The molecule has 112 valence electrons. The number of aromatic nitrogens is 2. The minimum atomic E-state index is -1.23. The Kier molecular flexibility index (Phi) is 4.05. The van der Waals surface area contributed by atoms with Gasteiger partial charge in [-0.2, -0.15) is 4.98 Å². The second kappa shape index (κ2) is 5.82. The molecule has 3 rings (SSSR count). The van der Waals surface area contributed by atoms with Crippen molar-refractivity contribution in [3.63, 3.8) is 0 Å². The minimum Gasteiger partial charge on any atom is -0.394 e. The molecule has 3 N–H and O–H groups in total. The number of aliphatic hydroxyl groups is 3. The fraction of sp³-hybridized carbons (Fsp3) is 0.385. The third-order valence-electron chi connectivity index (χ3n) is 3.34. The zero-order valence-electron chi connectivity index (χ0n) is 10.8. The first-order valence-corrected chi connectivity index (χ1v) is 7.12. The van der Waals surface area contributed by atoms with E-state index in [-0.39, 0.29) is 5.89 Å². The highest BCUT2D eigenvalue weighted by Gasteiger charge is 2.45. The van der Waals surface area contributed by atoms with Crippen molar-refractivity contribution in [3.8, 4) is 11.4 Å². The highest BCUT2D eigenvalue weighted by atomic mass is 79.9. The van der Waals surface area contributed by atoms with Crippen molar-refractivity contribution in [3.05, 3.63) is 34.6 Å². The van der Waals surface area contributed by atoms with Gasteiger partial charge >= 0.3 is 0 Å². The minimum absolute atomic E-state index is 0.0586. The van der Waals surface area contributed by atoms with Crippen molar-refractivity contribution >= 4 is 15.9 Å². The quantitative estimate of drug-likeness (QED) is 0.740. The molecule has 21 heavy (non-hydrogen) atoms. The maximum atomic E-state index is 9.92. The lowest BCUT2D eigenvalue weighted by Gasteiger charge is -2.10. The highest BCUT2D eigenvalue weighted by molar-refractivity contribution is 9.10. The molecule has 4 atom stereocenters. The van der Waals surface area contributed by atoms with Gasteiger partial charge in [0.15, 0.2) is 6.10 Å². The van der Waals surface area contributed by atoms with Gasteiger partial charge in [-0.25, -0.2) is 0 Å². The van der Waals surface area contributed by atoms with Crippen molar-refractivity contribution in [1.82, 2.24) is 10.1 Å². The number of hydrogen-bond donors (Lipinski definition) is 3. The van der Waals surface area contributed by atoms with Gasteiger partial charge in [0.25, 0.3) is 5.89 Å². The van der Waals surface area contributed by atoms with Crippen LogP contribution in [0.1, 0.15) is 12.0 Å². The number of ether oxygens (including phenoxy) is 1. The Hall–Kier alpha value is -1.32. The molecule has 8 heteroatoms. The summed E-state index contributed by atoms with van der Waals surface area (Å²) in [6.07, 6.45) is -4.25. The lowest BCUT2D eigenvalue weighted by molar-refractivity contribution is -0.0325. The molecule has 1 saturated heterocycles. The van der Waals surface area contributed by atoms with Gasteiger partial charge in [0, 0.05) is 10.0 Å². The van der Waals surface area contributed by atoms with Crippen LogP contribution in [0.5, 0.6) is 0 Å². The first-order valence-electron chi connectivity index (χ1n) is 6.32. The van der Waals surface area contributed by atoms with E-state index < -0.39 is 31.0 Å². The Labute approximate surface area is 128 Å². The summed E-state index contributed by atoms with van der Waals surface area (Å²) < 4.78 is 11.3. The molecule has 2 aromatic rings. The standard InChI is InChI=1S/C13H13BrN2O5/c14-7-4-2-1-3-6(7)12-15-13(21-16-12)11-10(19)9(18)8(5-17)20-11/h1-4,8-11,17-19H,5H2/t8-,9-,10-,11-/m1/s1. The van der Waals surface area contributed by atoms with Gasteiger partial charge in [0.1, 0.15) is 18.3 Å². The van der Waals surface area contributed by atoms with Crippen LogP contribution in [0.4, 0.5) is 0 Å². The first-order chi connectivity index (χ1) is 10.1. The SMILES string of the molecule is OC[C@H]1O[C@@H](c2nc(-c3ccccc3Br)no2)[C@H](O)[C@@H]1O. The molecule has 0 aliphatic carbocycles. The van der Waals surface area contributed by atoms with Crippen LogP contribution < -0.4 is 0 Å². The summed E-state index contributed by atoms with van der Waals surface area (Å²) in [5, 5.41) is 32.6. The van der Waals surface area contributed by atoms with E-state index in [1.807, 2.05) is 24.3 Å². The van der Waals surface area contributed by atoms with Crippen molar-refractivity contribution in [2.24, 2.45) is 0 Å². The van der Waals surface area contributed by atoms with Crippen LogP contribution in [0.15, 0.2) is 33.3 Å². The van der Waals surface area contributed by atoms with Gasteiger partial charge in [-0.3, -0.25) is 0 Å². The number of halogens is 1. The summed E-state index contributed by atoms with van der Waals surface area (Å²) in [4.78, 5) is 4.19. The molecule has 0 radical (unpaired) electrons. The molecule has 0 spiro atoms. The van der Waals surface area contributed by atoms with E-state index >= 15 is 0 Å². The fourth-order valence-electron chi connectivity index (χ4n) is 2.21. The Morgan fingerprint density at radius 2 is 1.95 bits per heavy atom. The molecule has 0 bridgehead atoms. The highest BCUT2D eigenvalue weighted by Crippen LogP contribution is 2.34. The maximum absolute atomic E-state index is 9.92. The van der Waals surface area contributed by atoms with Crippen LogP contribution in [0, 0.1) is 0 Å². The van der Waals surface area contributed by atoms with Crippen LogP contribution in [0.25, 0.3) is 11.4 Å². The van der Waals surface area contributed by atoms with Gasteiger partial charge < -0.3 is 24.6 Å². The van der Waals surface area contributed by atoms with E-state index in [2.05, 4.69) is 26.1 Å². The summed E-state index contributed by atoms with van der Waals surface area (Å²) in [6, 6.07) is 7.36. The molecule has 0 amide bonds. The van der Waals surface area contributed by atoms with E-state index in [0.717, 1.165) is 10.0 Å². The zero-order valence-corrected chi connectivity index (χ0v) is 12.3. The number of rotatable bonds is 3. The fourth-order valence-corrected chi connectivity index (χ4v) is 2.67. The number of benzene rings is 1. The van der Waals surface area contributed by atoms with Crippen LogP contribution in [0.3, 0.4) is 0 Å². The lowest BCUT2D eigenvalue weighted by atomic mass is 10.1. The largest absolute Gasteiger partial charge is 0.394 e. The van der Waals surface area contributed by atoms with Crippen molar-refractivity contribution in [2.45, 2.75) is 24.4 Å². The summed E-state index contributed by atoms with van der Waals surface area (Å²) in [5.74, 6) is 0.401. The van der Waals surface area contributed by atoms with E-state index in [0.29, 0.717) is 5.82 Å². The maximum Gasteiger partial charge on any atom is 0.258 e. The topological polar surface area (TPSA) is 109 Å². The Balaban J connectivity index is 1.88. The van der Waals surface area contributed by atoms with Gasteiger partial charge in [-0.05, 0) is 12.1 Å². The van der Waals surface area contributed by atoms with Gasteiger partial charge in [0.05, 0.1) is 6.61 Å². The van der Waals surface area contributed by atoms with Gasteiger partial charge in [-0.1, -0.05) is 33.2 Å². The second-order valence-corrected chi connectivity index (χ2v) is 5.55. The summed E-state index contributed by atoms with van der Waals surface area (Å²) in [6.45, 7) is -0.403. The monoisotopic (exact) mass is 356 g/mol. The number of nitrogens with zero attached hydrogens (tertiary/aromatic N) is 2. The van der Waals surface area contributed by atoms with Gasteiger partial charge in [-0.15, -0.1) is 0 Å². The molecule has 0 unspecified atom stereocenters. The summed E-state index contributed by atoms with van der Waals surface area (Å²) in [7, 11) is 0. The molecule has 0 saturated carbocycles. The average molecular weight is 357 g/mol. The van der Waals surface area contributed by atoms with Gasteiger partial charge in [0.2, 0.25) is 5.82 Å². The third-order valence-corrected chi connectivity index (χ3v) is 4.03. The van der Waals surface area contributed by atoms with E-state index in [4.69, 9.17) is 14.4 Å². The Morgan fingerprint density at radius 3 is 2.62 bits per heavy atom. The summed E-state index contributed by atoms with van der Waals surface area (Å²) >= 11 is 3.39. The smallest absolute Gasteiger partial charge is 0.258 e. The third kappa shape index (κ3) is 2.60. The predicted octanol–water partition coefficient (Wildman–Crippen LogP) is 0.653. The van der Waals surface area contributed by atoms with E-state index in [1.165, 1.54) is 0 Å². The van der Waals surface area contributed by atoms with E-state index in [9.17, 15) is 10.2 Å². The predicted molar refractivity (Wildman–Crippen MR) is 74.1 cm³/mol. The molecule has 1 fully saturated rings. The van der Waals surface area contributed by atoms with Crippen molar-refractivity contribution < 1.29 is 24.6 Å². The molecule has 1 aliphatic heterocycles. The van der Waals surface area contributed by atoms with Crippen molar-refractivity contribution in [1.29, 1.82) is 0 Å². The zero-order chi connectivity index (χ0) is 15.0. The normalized spacial score (nSPS) is 29.0. The molecule has 1 aromatic carbocycles. The van der Waals surface area contributed by atoms with Crippen LogP contribution in [-0.4, -0.2) is 50.4 Å². The lowest BCUT2D eigenvalue weighted by Crippen LogP contribution is -2.32. The number of hydrogen-bond acceptors (Lipinski definition) is 7. The molecular weight excluding hydrogens is 344 g/mol. The molecule has 2 heterocycles. The molecule has 1 aromatic heterocycles. The second-order valence-electron chi connectivity index (χ2n) is 4.69. The molecule has 1 aliphatic rings. The van der Waals surface area contributed by atoms with E-state index in [1.54, 1.807) is 0 Å². The van der Waals surface area contributed by atoms with Crippen LogP contribution in [0.2, 0.25) is 0 Å². The van der Waals surface area contributed by atoms with Crippen molar-refractivity contribution in [2.75, 3.05) is 6.61 Å². The first kappa shape index (κ1) is 14.6. The Morgan fingerprint density at radius 1 is 1.19 bits per heavy atom. The van der Waals surface area contributed by atoms with Crippen LogP contribution >= 0.6 is 15.9 Å². The average Bonchev–Trinajstić information content (AvgIpc) is 3.06. The number of aliphatic hydroxyl groups excluding tert-OH is 3.